The number of anilines is 1. The molecule has 0 aromatic heterocycles. The van der Waals surface area contributed by atoms with E-state index in [-0.39, 0.29) is 22.6 Å². The summed E-state index contributed by atoms with van der Waals surface area (Å²) in [5, 5.41) is 15.7. The van der Waals surface area contributed by atoms with Gasteiger partial charge in [0.15, 0.2) is 0 Å². The molecule has 24 heavy (non-hydrogen) atoms. The number of benzene rings is 2. The smallest absolute Gasteiger partial charge is 0.269 e. The first-order valence-corrected chi connectivity index (χ1v) is 8.46. The van der Waals surface area contributed by atoms with Crippen LogP contribution in [0.25, 0.3) is 0 Å². The van der Waals surface area contributed by atoms with Crippen molar-refractivity contribution in [3.63, 3.8) is 0 Å². The van der Waals surface area contributed by atoms with Crippen molar-refractivity contribution in [1.82, 2.24) is 0 Å². The second kappa shape index (κ2) is 5.80. The number of nitro groups is 1. The van der Waals surface area contributed by atoms with Gasteiger partial charge in [-0.1, -0.05) is 47.5 Å². The normalized spacial score (nSPS) is 24.2. The van der Waals surface area contributed by atoms with E-state index in [1.807, 2.05) is 18.2 Å². The van der Waals surface area contributed by atoms with E-state index in [1.165, 1.54) is 0 Å². The molecule has 0 fully saturated rings. The Labute approximate surface area is 149 Å². The van der Waals surface area contributed by atoms with E-state index in [0.717, 1.165) is 23.2 Å². The average molecular weight is 361 g/mol. The molecule has 1 heterocycles. The van der Waals surface area contributed by atoms with E-state index in [9.17, 15) is 10.1 Å². The van der Waals surface area contributed by atoms with Crippen molar-refractivity contribution in [1.29, 1.82) is 0 Å². The summed E-state index contributed by atoms with van der Waals surface area (Å²) in [6, 6.07) is 10.5. The third kappa shape index (κ3) is 2.46. The minimum Gasteiger partial charge on any atom is -0.378 e. The van der Waals surface area contributed by atoms with E-state index in [1.54, 1.807) is 18.2 Å². The lowest BCUT2D eigenvalue weighted by molar-refractivity contribution is -0.384. The summed E-state index contributed by atoms with van der Waals surface area (Å²) in [4.78, 5) is 10.5. The third-order valence-corrected chi connectivity index (χ3v) is 5.37. The minimum atomic E-state index is -0.382. The number of hydrogen-bond donors (Lipinski definition) is 1. The average Bonchev–Trinajstić information content (AvgIpc) is 3.02. The van der Waals surface area contributed by atoms with Gasteiger partial charge >= 0.3 is 0 Å². The molecule has 2 aromatic carbocycles. The van der Waals surface area contributed by atoms with Crippen LogP contribution in [0.2, 0.25) is 10.0 Å². The molecule has 2 aliphatic rings. The Bertz CT molecular complexity index is 849. The highest BCUT2D eigenvalue weighted by Gasteiger charge is 2.39. The van der Waals surface area contributed by atoms with Crippen LogP contribution in [0.4, 0.5) is 11.4 Å². The Balaban J connectivity index is 1.76. The highest BCUT2D eigenvalue weighted by Crippen LogP contribution is 2.52. The number of halogens is 2. The predicted octanol–water partition coefficient (Wildman–Crippen LogP) is 5.73. The largest absolute Gasteiger partial charge is 0.378 e. The van der Waals surface area contributed by atoms with Crippen molar-refractivity contribution < 1.29 is 4.92 Å². The predicted molar refractivity (Wildman–Crippen MR) is 95.9 cm³/mol. The number of hydrogen-bond acceptors (Lipinski definition) is 3. The number of non-ortho nitro benzene ring substituents is 1. The third-order valence-electron chi connectivity index (χ3n) is 4.84. The Morgan fingerprint density at radius 3 is 2.62 bits per heavy atom. The molecule has 0 saturated carbocycles. The van der Waals surface area contributed by atoms with Crippen LogP contribution in [0.15, 0.2) is 48.6 Å². The van der Waals surface area contributed by atoms with Crippen LogP contribution in [-0.2, 0) is 0 Å². The van der Waals surface area contributed by atoms with Gasteiger partial charge in [-0.2, -0.15) is 0 Å². The summed E-state index contributed by atoms with van der Waals surface area (Å²) < 4.78 is 0. The second-order valence-corrected chi connectivity index (χ2v) is 7.02. The molecular formula is C18H14Cl2N2O2. The molecule has 3 atom stereocenters. The van der Waals surface area contributed by atoms with Gasteiger partial charge in [0.25, 0.3) is 5.69 Å². The summed E-state index contributed by atoms with van der Waals surface area (Å²) in [6.45, 7) is 0. The van der Waals surface area contributed by atoms with E-state index in [2.05, 4.69) is 17.5 Å². The Kier molecular flexibility index (Phi) is 3.74. The molecule has 0 amide bonds. The summed E-state index contributed by atoms with van der Waals surface area (Å²) in [6.07, 6.45) is 5.32. The number of nitro benzene ring substituents is 1. The molecule has 0 radical (unpaired) electrons. The number of nitrogens with one attached hydrogen (secondary N) is 1. The molecule has 2 aromatic rings. The number of allylic oxidation sites excluding steroid dienone is 2. The van der Waals surface area contributed by atoms with Crippen molar-refractivity contribution >= 4 is 34.6 Å². The van der Waals surface area contributed by atoms with Crippen molar-refractivity contribution in [3.8, 4) is 0 Å². The summed E-state index contributed by atoms with van der Waals surface area (Å²) in [5.41, 5.74) is 3.14. The lowest BCUT2D eigenvalue weighted by Gasteiger charge is -2.38. The summed E-state index contributed by atoms with van der Waals surface area (Å²) >= 11 is 12.6. The first kappa shape index (κ1) is 15.5. The van der Waals surface area contributed by atoms with Gasteiger partial charge in [0.2, 0.25) is 0 Å². The van der Waals surface area contributed by atoms with Gasteiger partial charge in [0.1, 0.15) is 0 Å². The molecule has 122 valence electrons. The van der Waals surface area contributed by atoms with Crippen molar-refractivity contribution in [3.05, 3.63) is 79.8 Å². The molecule has 4 rings (SSSR count). The van der Waals surface area contributed by atoms with Crippen LogP contribution in [-0.4, -0.2) is 4.92 Å². The highest BCUT2D eigenvalue weighted by molar-refractivity contribution is 6.35. The van der Waals surface area contributed by atoms with Crippen molar-refractivity contribution in [2.24, 2.45) is 5.92 Å². The second-order valence-electron chi connectivity index (χ2n) is 6.17. The molecule has 6 heteroatoms. The van der Waals surface area contributed by atoms with Crippen LogP contribution >= 0.6 is 23.2 Å². The van der Waals surface area contributed by atoms with E-state index < -0.39 is 0 Å². The number of fused-ring (bicyclic) bond motifs is 3. The fourth-order valence-electron chi connectivity index (χ4n) is 3.78. The molecule has 1 aliphatic carbocycles. The Hall–Kier alpha value is -2.04. The fraction of sp³-hybridized carbons (Fsp3) is 0.222. The van der Waals surface area contributed by atoms with Crippen LogP contribution in [0.3, 0.4) is 0 Å². The maximum atomic E-state index is 10.9. The van der Waals surface area contributed by atoms with Gasteiger partial charge in [0.05, 0.1) is 11.0 Å². The van der Waals surface area contributed by atoms with E-state index in [4.69, 9.17) is 23.2 Å². The highest BCUT2D eigenvalue weighted by atomic mass is 35.5. The van der Waals surface area contributed by atoms with Gasteiger partial charge in [0, 0.05) is 39.3 Å². The standard InChI is InChI=1S/C18H14Cl2N2O2/c19-11-8-15(20)17-13-2-1-3-14(13)18(21-16(17)9-11)10-4-6-12(7-5-10)22(23)24/h1-2,4-9,13-14,18,21H,3H2. The molecule has 1 aliphatic heterocycles. The van der Waals surface area contributed by atoms with Gasteiger partial charge in [-0.15, -0.1) is 0 Å². The quantitative estimate of drug-likeness (QED) is 0.422. The molecule has 3 unspecified atom stereocenters. The zero-order valence-electron chi connectivity index (χ0n) is 12.6. The topological polar surface area (TPSA) is 55.2 Å². The molecule has 0 spiro atoms. The Morgan fingerprint density at radius 2 is 1.92 bits per heavy atom. The van der Waals surface area contributed by atoms with Crippen LogP contribution in [0.1, 0.15) is 29.5 Å². The maximum absolute atomic E-state index is 10.9. The monoisotopic (exact) mass is 360 g/mol. The van der Waals surface area contributed by atoms with Crippen molar-refractivity contribution in [2.75, 3.05) is 5.32 Å². The molecule has 4 nitrogen and oxygen atoms in total. The van der Waals surface area contributed by atoms with Gasteiger partial charge in [-0.05, 0) is 30.0 Å². The molecule has 1 N–H and O–H groups in total. The molecule has 0 bridgehead atoms. The maximum Gasteiger partial charge on any atom is 0.269 e. The Morgan fingerprint density at radius 1 is 1.17 bits per heavy atom. The lowest BCUT2D eigenvalue weighted by Crippen LogP contribution is -2.29. The first-order chi connectivity index (χ1) is 11.5. The van der Waals surface area contributed by atoms with Gasteiger partial charge in [-0.3, -0.25) is 10.1 Å². The fourth-order valence-corrected chi connectivity index (χ4v) is 4.40. The molecule has 0 saturated heterocycles. The van der Waals surface area contributed by atoms with Gasteiger partial charge < -0.3 is 5.32 Å². The first-order valence-electron chi connectivity index (χ1n) is 7.71. The summed E-state index contributed by atoms with van der Waals surface area (Å²) in [7, 11) is 0. The van der Waals surface area contributed by atoms with Crippen LogP contribution in [0, 0.1) is 16.0 Å². The van der Waals surface area contributed by atoms with Crippen LogP contribution in [0.5, 0.6) is 0 Å². The zero-order chi connectivity index (χ0) is 16.8. The lowest BCUT2D eigenvalue weighted by atomic mass is 9.77. The van der Waals surface area contributed by atoms with Crippen LogP contribution < -0.4 is 5.32 Å². The van der Waals surface area contributed by atoms with E-state index >= 15 is 0 Å². The summed E-state index contributed by atoms with van der Waals surface area (Å²) in [5.74, 6) is 0.559. The zero-order valence-corrected chi connectivity index (χ0v) is 14.1. The van der Waals surface area contributed by atoms with Gasteiger partial charge in [-0.25, -0.2) is 0 Å². The minimum absolute atomic E-state index is 0.0628. The number of nitrogens with zero attached hydrogens (tertiary/aromatic N) is 1. The molecular weight excluding hydrogens is 347 g/mol. The van der Waals surface area contributed by atoms with Crippen molar-refractivity contribution in [2.45, 2.75) is 18.4 Å². The van der Waals surface area contributed by atoms with E-state index in [0.29, 0.717) is 16.0 Å². The SMILES string of the molecule is O=[N+]([O-])c1ccc(C2Nc3cc(Cl)cc(Cl)c3C3C=CCC32)cc1. The number of rotatable bonds is 2.